The maximum Gasteiger partial charge on any atom is 0.320 e. The SMILES string of the molecule is CC(=O)N1CCN(C(=O)N(C)CC2=C(C)CCCC2(C)C)CC1. The van der Waals surface area contributed by atoms with E-state index in [1.807, 2.05) is 16.8 Å². The number of nitrogens with zero attached hydrogens (tertiary/aromatic N) is 3. The Labute approximate surface area is 140 Å². The summed E-state index contributed by atoms with van der Waals surface area (Å²) >= 11 is 0. The lowest BCUT2D eigenvalue weighted by Crippen LogP contribution is -2.53. The molecule has 2 rings (SSSR count). The third kappa shape index (κ3) is 4.06. The zero-order valence-electron chi connectivity index (χ0n) is 15.3. The lowest BCUT2D eigenvalue weighted by atomic mass is 9.72. The quantitative estimate of drug-likeness (QED) is 0.734. The number of carbonyl (C=O) groups is 2. The molecule has 0 saturated carbocycles. The van der Waals surface area contributed by atoms with Gasteiger partial charge in [0.15, 0.2) is 0 Å². The summed E-state index contributed by atoms with van der Waals surface area (Å²) in [4.78, 5) is 29.6. The molecule has 0 aromatic rings. The fourth-order valence-corrected chi connectivity index (χ4v) is 3.78. The summed E-state index contributed by atoms with van der Waals surface area (Å²) in [5, 5.41) is 0. The number of amides is 3. The lowest BCUT2D eigenvalue weighted by Gasteiger charge is -2.39. The minimum absolute atomic E-state index is 0.0786. The first kappa shape index (κ1) is 17.8. The maximum absolute atomic E-state index is 12.7. The lowest BCUT2D eigenvalue weighted by molar-refractivity contribution is -0.130. The van der Waals surface area contributed by atoms with Crippen LogP contribution in [0.3, 0.4) is 0 Å². The van der Waals surface area contributed by atoms with Crippen molar-refractivity contribution in [1.29, 1.82) is 0 Å². The van der Waals surface area contributed by atoms with E-state index in [0.717, 1.165) is 6.42 Å². The average Bonchev–Trinajstić information content (AvgIpc) is 2.50. The van der Waals surface area contributed by atoms with Gasteiger partial charge in [0.1, 0.15) is 0 Å². The van der Waals surface area contributed by atoms with E-state index in [0.29, 0.717) is 32.7 Å². The molecule has 1 fully saturated rings. The number of carbonyl (C=O) groups excluding carboxylic acids is 2. The van der Waals surface area contributed by atoms with Crippen molar-refractivity contribution in [2.75, 3.05) is 39.8 Å². The molecule has 3 amide bonds. The molecule has 2 aliphatic rings. The highest BCUT2D eigenvalue weighted by Gasteiger charge is 2.31. The van der Waals surface area contributed by atoms with Crippen molar-refractivity contribution >= 4 is 11.9 Å². The van der Waals surface area contributed by atoms with E-state index in [1.165, 1.54) is 24.0 Å². The fraction of sp³-hybridized carbons (Fsp3) is 0.778. The van der Waals surface area contributed by atoms with Crippen LogP contribution in [0.4, 0.5) is 4.79 Å². The van der Waals surface area contributed by atoms with Crippen LogP contribution in [0.2, 0.25) is 0 Å². The van der Waals surface area contributed by atoms with Crippen molar-refractivity contribution in [3.05, 3.63) is 11.1 Å². The van der Waals surface area contributed by atoms with E-state index in [9.17, 15) is 9.59 Å². The van der Waals surface area contributed by atoms with Gasteiger partial charge >= 0.3 is 6.03 Å². The van der Waals surface area contributed by atoms with E-state index in [-0.39, 0.29) is 17.4 Å². The number of hydrogen-bond donors (Lipinski definition) is 0. The maximum atomic E-state index is 12.7. The molecule has 0 atom stereocenters. The first-order chi connectivity index (χ1) is 10.7. The van der Waals surface area contributed by atoms with Gasteiger partial charge in [-0.2, -0.15) is 0 Å². The van der Waals surface area contributed by atoms with E-state index in [1.54, 1.807) is 11.8 Å². The van der Waals surface area contributed by atoms with Gasteiger partial charge in [-0.1, -0.05) is 19.4 Å². The third-order valence-electron chi connectivity index (χ3n) is 5.40. The minimum Gasteiger partial charge on any atom is -0.339 e. The number of rotatable bonds is 2. The van der Waals surface area contributed by atoms with Gasteiger partial charge < -0.3 is 14.7 Å². The highest BCUT2D eigenvalue weighted by molar-refractivity contribution is 5.76. The molecule has 0 bridgehead atoms. The van der Waals surface area contributed by atoms with E-state index in [2.05, 4.69) is 20.8 Å². The zero-order chi connectivity index (χ0) is 17.2. The molecule has 0 radical (unpaired) electrons. The Kier molecular flexibility index (Phi) is 5.37. The monoisotopic (exact) mass is 321 g/mol. The average molecular weight is 321 g/mol. The van der Waals surface area contributed by atoms with Crippen LogP contribution in [0.15, 0.2) is 11.1 Å². The Morgan fingerprint density at radius 2 is 1.70 bits per heavy atom. The normalized spacial score (nSPS) is 21.4. The molecule has 0 aromatic heterocycles. The van der Waals surface area contributed by atoms with Crippen LogP contribution in [-0.2, 0) is 4.79 Å². The van der Waals surface area contributed by atoms with Crippen molar-refractivity contribution in [2.24, 2.45) is 5.41 Å². The topological polar surface area (TPSA) is 43.9 Å². The van der Waals surface area contributed by atoms with Crippen LogP contribution < -0.4 is 0 Å². The number of piperazine rings is 1. The van der Waals surface area contributed by atoms with Crippen LogP contribution in [0, 0.1) is 5.41 Å². The zero-order valence-corrected chi connectivity index (χ0v) is 15.3. The molecule has 5 heteroatoms. The summed E-state index contributed by atoms with van der Waals surface area (Å²) in [6, 6.07) is 0.0786. The fourth-order valence-electron chi connectivity index (χ4n) is 3.78. The Morgan fingerprint density at radius 3 is 2.22 bits per heavy atom. The standard InChI is InChI=1S/C18H31N3O2/c1-14-7-6-8-18(3,4)16(14)13-19(5)17(23)21-11-9-20(10-12-21)15(2)22/h6-13H2,1-5H3. The molecular weight excluding hydrogens is 290 g/mol. The molecule has 0 N–H and O–H groups in total. The summed E-state index contributed by atoms with van der Waals surface area (Å²) in [5.41, 5.74) is 3.05. The predicted molar refractivity (Wildman–Crippen MR) is 92.2 cm³/mol. The molecule has 1 heterocycles. The van der Waals surface area contributed by atoms with Crippen LogP contribution >= 0.6 is 0 Å². The smallest absolute Gasteiger partial charge is 0.320 e. The molecule has 0 aromatic carbocycles. The molecule has 1 saturated heterocycles. The van der Waals surface area contributed by atoms with Gasteiger partial charge in [-0.3, -0.25) is 4.79 Å². The highest BCUT2D eigenvalue weighted by atomic mass is 16.2. The van der Waals surface area contributed by atoms with Gasteiger partial charge in [0, 0.05) is 46.7 Å². The second kappa shape index (κ2) is 6.93. The summed E-state index contributed by atoms with van der Waals surface area (Å²) in [6.45, 7) is 11.6. The van der Waals surface area contributed by atoms with Gasteiger partial charge in [-0.15, -0.1) is 0 Å². The van der Waals surface area contributed by atoms with E-state index < -0.39 is 0 Å². The number of urea groups is 1. The molecule has 5 nitrogen and oxygen atoms in total. The molecule has 23 heavy (non-hydrogen) atoms. The first-order valence-corrected chi connectivity index (χ1v) is 8.67. The van der Waals surface area contributed by atoms with E-state index in [4.69, 9.17) is 0 Å². The van der Waals surface area contributed by atoms with Crippen LogP contribution in [0.5, 0.6) is 0 Å². The van der Waals surface area contributed by atoms with Crippen molar-refractivity contribution in [3.63, 3.8) is 0 Å². The second-order valence-electron chi connectivity index (χ2n) is 7.63. The van der Waals surface area contributed by atoms with Gasteiger partial charge in [0.25, 0.3) is 0 Å². The Hall–Kier alpha value is -1.52. The number of hydrogen-bond acceptors (Lipinski definition) is 2. The van der Waals surface area contributed by atoms with Gasteiger partial charge in [-0.25, -0.2) is 4.79 Å². The molecular formula is C18H31N3O2. The molecule has 130 valence electrons. The van der Waals surface area contributed by atoms with Crippen molar-refractivity contribution < 1.29 is 9.59 Å². The van der Waals surface area contributed by atoms with Crippen LogP contribution in [0.25, 0.3) is 0 Å². The Morgan fingerprint density at radius 1 is 1.13 bits per heavy atom. The van der Waals surface area contributed by atoms with Crippen LogP contribution in [-0.4, -0.2) is 66.4 Å². The van der Waals surface area contributed by atoms with Gasteiger partial charge in [-0.05, 0) is 37.2 Å². The molecule has 0 spiro atoms. The highest BCUT2D eigenvalue weighted by Crippen LogP contribution is 2.40. The number of likely N-dealkylation sites (N-methyl/N-ethyl adjacent to an activating group) is 1. The summed E-state index contributed by atoms with van der Waals surface area (Å²) < 4.78 is 0. The Bertz CT molecular complexity index is 502. The van der Waals surface area contributed by atoms with Gasteiger partial charge in [0.05, 0.1) is 0 Å². The predicted octanol–water partition coefficient (Wildman–Crippen LogP) is 2.73. The number of allylic oxidation sites excluding steroid dienone is 1. The largest absolute Gasteiger partial charge is 0.339 e. The Balaban J connectivity index is 1.97. The molecule has 0 unspecified atom stereocenters. The second-order valence-corrected chi connectivity index (χ2v) is 7.63. The minimum atomic E-state index is 0.0786. The van der Waals surface area contributed by atoms with Crippen molar-refractivity contribution in [1.82, 2.24) is 14.7 Å². The molecule has 1 aliphatic carbocycles. The van der Waals surface area contributed by atoms with Crippen molar-refractivity contribution in [2.45, 2.75) is 47.0 Å². The first-order valence-electron chi connectivity index (χ1n) is 8.67. The third-order valence-corrected chi connectivity index (χ3v) is 5.40. The van der Waals surface area contributed by atoms with Gasteiger partial charge in [0.2, 0.25) is 5.91 Å². The summed E-state index contributed by atoms with van der Waals surface area (Å²) in [6.07, 6.45) is 3.59. The van der Waals surface area contributed by atoms with Crippen molar-refractivity contribution in [3.8, 4) is 0 Å². The summed E-state index contributed by atoms with van der Waals surface area (Å²) in [5.74, 6) is 0.0928. The van der Waals surface area contributed by atoms with E-state index >= 15 is 0 Å². The summed E-state index contributed by atoms with van der Waals surface area (Å²) in [7, 11) is 1.89. The van der Waals surface area contributed by atoms with Crippen LogP contribution in [0.1, 0.15) is 47.0 Å². The molecule has 1 aliphatic heterocycles.